The minimum atomic E-state index is -0.154. The summed E-state index contributed by atoms with van der Waals surface area (Å²) in [6, 6.07) is 31.7. The summed E-state index contributed by atoms with van der Waals surface area (Å²) in [5, 5.41) is 17.3. The van der Waals surface area contributed by atoms with Crippen molar-refractivity contribution in [1.82, 2.24) is 20.0 Å². The third-order valence-electron chi connectivity index (χ3n) is 5.88. The van der Waals surface area contributed by atoms with Gasteiger partial charge in [0.15, 0.2) is 5.69 Å². The minimum absolute atomic E-state index is 0.154. The van der Waals surface area contributed by atoms with E-state index in [1.54, 1.807) is 6.07 Å². The fraction of sp³-hybridized carbons (Fsp3) is 0.0714. The van der Waals surface area contributed by atoms with Gasteiger partial charge in [-0.3, -0.25) is 4.79 Å². The summed E-state index contributed by atoms with van der Waals surface area (Å²) in [6.45, 7) is 0.355. The number of rotatable bonds is 6. The van der Waals surface area contributed by atoms with E-state index in [1.807, 2.05) is 60.7 Å². The molecule has 0 aliphatic carbocycles. The molecule has 0 amide bonds. The summed E-state index contributed by atoms with van der Waals surface area (Å²) in [5.41, 5.74) is 2.53. The molecule has 0 saturated heterocycles. The molecule has 6 rings (SSSR count). The quantitative estimate of drug-likeness (QED) is 0.277. The molecule has 7 heteroatoms. The first-order valence-corrected chi connectivity index (χ1v) is 12.2. The molecule has 0 aliphatic heterocycles. The van der Waals surface area contributed by atoms with Crippen molar-refractivity contribution in [2.75, 3.05) is 0 Å². The number of hydrogen-bond donors (Lipinski definition) is 0. The fourth-order valence-electron chi connectivity index (χ4n) is 4.18. The zero-order valence-corrected chi connectivity index (χ0v) is 19.5. The highest BCUT2D eigenvalue weighted by atomic mass is 32.2. The zero-order chi connectivity index (χ0) is 23.6. The highest BCUT2D eigenvalue weighted by Gasteiger charge is 2.18. The number of hydrogen-bond acceptors (Lipinski definition) is 6. The molecule has 170 valence electrons. The third-order valence-corrected chi connectivity index (χ3v) is 6.75. The van der Waals surface area contributed by atoms with Crippen LogP contribution in [-0.2, 0) is 12.3 Å². The largest absolute Gasteiger partial charge is 0.409 e. The Morgan fingerprint density at radius 1 is 0.743 bits per heavy atom. The predicted molar refractivity (Wildman–Crippen MR) is 138 cm³/mol. The first-order valence-electron chi connectivity index (χ1n) is 11.2. The van der Waals surface area contributed by atoms with Gasteiger partial charge >= 0.3 is 0 Å². The van der Waals surface area contributed by atoms with Crippen molar-refractivity contribution in [2.24, 2.45) is 0 Å². The molecular formula is C28H20N4O2S. The fourth-order valence-corrected chi connectivity index (χ4v) is 4.95. The predicted octanol–water partition coefficient (Wildman–Crippen LogP) is 5.94. The zero-order valence-electron chi connectivity index (χ0n) is 18.7. The second-order valence-electron chi connectivity index (χ2n) is 8.14. The first-order chi connectivity index (χ1) is 17.3. The lowest BCUT2D eigenvalue weighted by molar-refractivity contribution is 0.463. The van der Waals surface area contributed by atoms with Crippen LogP contribution < -0.4 is 5.56 Å². The van der Waals surface area contributed by atoms with Crippen LogP contribution in [0.2, 0.25) is 0 Å². The Hall–Kier alpha value is -4.23. The van der Waals surface area contributed by atoms with Crippen LogP contribution in [0.5, 0.6) is 0 Å². The van der Waals surface area contributed by atoms with Crippen LogP contribution >= 0.6 is 11.8 Å². The Kier molecular flexibility index (Phi) is 5.60. The lowest BCUT2D eigenvalue weighted by Gasteiger charge is -2.09. The van der Waals surface area contributed by atoms with E-state index in [-0.39, 0.29) is 5.56 Å². The maximum absolute atomic E-state index is 13.1. The van der Waals surface area contributed by atoms with E-state index in [4.69, 9.17) is 4.42 Å². The van der Waals surface area contributed by atoms with Gasteiger partial charge in [0, 0.05) is 11.1 Å². The van der Waals surface area contributed by atoms with Gasteiger partial charge in [-0.25, -0.2) is 4.68 Å². The van der Waals surface area contributed by atoms with Gasteiger partial charge in [0.25, 0.3) is 16.7 Å². The van der Waals surface area contributed by atoms with Crippen LogP contribution in [0.3, 0.4) is 0 Å². The van der Waals surface area contributed by atoms with Gasteiger partial charge in [-0.05, 0) is 28.0 Å². The molecule has 0 bridgehead atoms. The van der Waals surface area contributed by atoms with Crippen molar-refractivity contribution in [2.45, 2.75) is 17.5 Å². The number of benzene rings is 4. The number of fused-ring (bicyclic) bond motifs is 2. The Morgan fingerprint density at radius 2 is 1.46 bits per heavy atom. The highest BCUT2D eigenvalue weighted by molar-refractivity contribution is 7.98. The van der Waals surface area contributed by atoms with Crippen LogP contribution in [0.15, 0.2) is 111 Å². The van der Waals surface area contributed by atoms with Gasteiger partial charge in [-0.15, -0.1) is 10.2 Å². The van der Waals surface area contributed by atoms with E-state index in [9.17, 15) is 4.79 Å². The van der Waals surface area contributed by atoms with E-state index >= 15 is 0 Å². The summed E-state index contributed by atoms with van der Waals surface area (Å²) in [4.78, 5) is 13.1. The van der Waals surface area contributed by atoms with Crippen molar-refractivity contribution in [3.63, 3.8) is 0 Å². The normalized spacial score (nSPS) is 11.3. The maximum Gasteiger partial charge on any atom is 0.277 e. The molecule has 2 heterocycles. The van der Waals surface area contributed by atoms with Crippen molar-refractivity contribution in [1.29, 1.82) is 0 Å². The van der Waals surface area contributed by atoms with Crippen LogP contribution in [-0.4, -0.2) is 20.0 Å². The molecular weight excluding hydrogens is 456 g/mol. The smallest absolute Gasteiger partial charge is 0.277 e. The topological polar surface area (TPSA) is 73.8 Å². The van der Waals surface area contributed by atoms with Crippen molar-refractivity contribution < 1.29 is 4.42 Å². The number of aromatic nitrogens is 4. The molecule has 0 aliphatic rings. The maximum atomic E-state index is 13.1. The van der Waals surface area contributed by atoms with E-state index in [0.29, 0.717) is 39.9 Å². The molecule has 4 aromatic carbocycles. The van der Waals surface area contributed by atoms with Crippen molar-refractivity contribution >= 4 is 33.3 Å². The Morgan fingerprint density at radius 3 is 2.31 bits per heavy atom. The summed E-state index contributed by atoms with van der Waals surface area (Å²) in [6.07, 6.45) is 0. The van der Waals surface area contributed by atoms with Gasteiger partial charge in [0.1, 0.15) is 0 Å². The van der Waals surface area contributed by atoms with Gasteiger partial charge in [-0.1, -0.05) is 103 Å². The second kappa shape index (κ2) is 9.19. The third kappa shape index (κ3) is 4.22. The molecule has 0 unspecified atom stereocenters. The van der Waals surface area contributed by atoms with Crippen LogP contribution in [0, 0.1) is 0 Å². The molecule has 35 heavy (non-hydrogen) atoms. The summed E-state index contributed by atoms with van der Waals surface area (Å²) < 4.78 is 7.48. The molecule has 0 radical (unpaired) electrons. The number of thioether (sulfide) groups is 1. The van der Waals surface area contributed by atoms with Crippen molar-refractivity contribution in [3.8, 4) is 11.6 Å². The monoisotopic (exact) mass is 476 g/mol. The van der Waals surface area contributed by atoms with Gasteiger partial charge in [0.2, 0.25) is 0 Å². The van der Waals surface area contributed by atoms with E-state index < -0.39 is 0 Å². The standard InChI is InChI=1S/C28H20N4O2S/c33-27-24-16-7-6-15-23(24)25(31-32(27)17-19-9-2-1-3-10-19)26-29-30-28(34-26)35-18-21-13-8-12-20-11-4-5-14-22(20)21/h1-16H,17-18H2. The summed E-state index contributed by atoms with van der Waals surface area (Å²) in [7, 11) is 0. The van der Waals surface area contributed by atoms with Gasteiger partial charge < -0.3 is 4.42 Å². The van der Waals surface area contributed by atoms with Crippen LogP contribution in [0.25, 0.3) is 33.1 Å². The highest BCUT2D eigenvalue weighted by Crippen LogP contribution is 2.30. The van der Waals surface area contributed by atoms with Gasteiger partial charge in [0.05, 0.1) is 11.9 Å². The lowest BCUT2D eigenvalue weighted by atomic mass is 10.1. The van der Waals surface area contributed by atoms with Crippen LogP contribution in [0.1, 0.15) is 11.1 Å². The molecule has 0 spiro atoms. The molecule has 2 aromatic heterocycles. The van der Waals surface area contributed by atoms with Gasteiger partial charge in [-0.2, -0.15) is 5.10 Å². The lowest BCUT2D eigenvalue weighted by Crippen LogP contribution is -2.24. The Bertz CT molecular complexity index is 1700. The number of nitrogens with zero attached hydrogens (tertiary/aromatic N) is 4. The molecule has 0 N–H and O–H groups in total. The van der Waals surface area contributed by atoms with Crippen molar-refractivity contribution in [3.05, 3.63) is 119 Å². The minimum Gasteiger partial charge on any atom is -0.409 e. The summed E-state index contributed by atoms with van der Waals surface area (Å²) >= 11 is 1.48. The first kappa shape index (κ1) is 21.3. The van der Waals surface area contributed by atoms with E-state index in [1.165, 1.54) is 32.8 Å². The SMILES string of the molecule is O=c1c2ccccc2c(-c2nnc(SCc3cccc4ccccc34)o2)nn1Cc1ccccc1. The Labute approximate surface area is 205 Å². The summed E-state index contributed by atoms with van der Waals surface area (Å²) in [5.74, 6) is 0.994. The van der Waals surface area contributed by atoms with E-state index in [2.05, 4.69) is 45.6 Å². The second-order valence-corrected chi connectivity index (χ2v) is 9.07. The average Bonchev–Trinajstić information content (AvgIpc) is 3.38. The van der Waals surface area contributed by atoms with Crippen LogP contribution in [0.4, 0.5) is 0 Å². The average molecular weight is 477 g/mol. The molecule has 6 aromatic rings. The molecule has 0 saturated carbocycles. The molecule has 6 nitrogen and oxygen atoms in total. The Balaban J connectivity index is 1.34. The molecule has 0 atom stereocenters. The van der Waals surface area contributed by atoms with E-state index in [0.717, 1.165) is 5.56 Å². The molecule has 0 fully saturated rings.